The lowest BCUT2D eigenvalue weighted by molar-refractivity contribution is 1.02. The van der Waals surface area contributed by atoms with Crippen molar-refractivity contribution in [2.45, 2.75) is 13.3 Å². The molecular weight excluding hydrogens is 208 g/mol. The SMILES string of the molecule is CCc1nc(N)nc(N)c1-c1cccs1. The molecule has 0 atom stereocenters. The molecule has 0 unspecified atom stereocenters. The monoisotopic (exact) mass is 220 g/mol. The molecule has 0 saturated heterocycles. The van der Waals surface area contributed by atoms with Crippen LogP contribution in [0.5, 0.6) is 0 Å². The maximum absolute atomic E-state index is 5.86. The number of rotatable bonds is 2. The molecule has 4 nitrogen and oxygen atoms in total. The van der Waals surface area contributed by atoms with E-state index in [1.165, 1.54) is 0 Å². The van der Waals surface area contributed by atoms with Crippen LogP contribution in [0.15, 0.2) is 17.5 Å². The maximum Gasteiger partial charge on any atom is 0.222 e. The van der Waals surface area contributed by atoms with Gasteiger partial charge in [-0.1, -0.05) is 13.0 Å². The molecule has 2 rings (SSSR count). The fourth-order valence-corrected chi connectivity index (χ4v) is 2.29. The summed E-state index contributed by atoms with van der Waals surface area (Å²) in [5.41, 5.74) is 13.2. The third kappa shape index (κ3) is 1.78. The molecule has 2 aromatic rings. The molecule has 0 aromatic carbocycles. The summed E-state index contributed by atoms with van der Waals surface area (Å²) < 4.78 is 0. The Kier molecular flexibility index (Phi) is 2.55. The Hall–Kier alpha value is -1.62. The predicted octanol–water partition coefficient (Wildman–Crippen LogP) is 1.93. The number of thiophene rings is 1. The van der Waals surface area contributed by atoms with Crippen LogP contribution in [-0.4, -0.2) is 9.97 Å². The lowest BCUT2D eigenvalue weighted by atomic mass is 10.1. The highest BCUT2D eigenvalue weighted by Crippen LogP contribution is 2.31. The summed E-state index contributed by atoms with van der Waals surface area (Å²) in [5, 5.41) is 2.00. The van der Waals surface area contributed by atoms with Gasteiger partial charge < -0.3 is 11.5 Å². The molecule has 2 heterocycles. The van der Waals surface area contributed by atoms with Crippen LogP contribution >= 0.6 is 11.3 Å². The number of aryl methyl sites for hydroxylation is 1. The van der Waals surface area contributed by atoms with Crippen molar-refractivity contribution in [1.82, 2.24) is 9.97 Å². The largest absolute Gasteiger partial charge is 0.383 e. The van der Waals surface area contributed by atoms with Gasteiger partial charge in [-0.2, -0.15) is 4.98 Å². The number of aromatic nitrogens is 2. The van der Waals surface area contributed by atoms with E-state index in [0.717, 1.165) is 22.6 Å². The molecule has 0 radical (unpaired) electrons. The van der Waals surface area contributed by atoms with E-state index >= 15 is 0 Å². The third-order valence-electron chi connectivity index (χ3n) is 2.13. The van der Waals surface area contributed by atoms with Gasteiger partial charge in [-0.3, -0.25) is 0 Å². The second kappa shape index (κ2) is 3.86. The van der Waals surface area contributed by atoms with Crippen molar-refractivity contribution in [2.24, 2.45) is 0 Å². The summed E-state index contributed by atoms with van der Waals surface area (Å²) >= 11 is 1.62. The maximum atomic E-state index is 5.86. The lowest BCUT2D eigenvalue weighted by Crippen LogP contribution is -2.05. The highest BCUT2D eigenvalue weighted by Gasteiger charge is 2.12. The van der Waals surface area contributed by atoms with Crippen molar-refractivity contribution in [3.8, 4) is 10.4 Å². The van der Waals surface area contributed by atoms with Crippen LogP contribution in [0.2, 0.25) is 0 Å². The number of nitrogen functional groups attached to an aromatic ring is 2. The zero-order chi connectivity index (χ0) is 10.8. The Morgan fingerprint density at radius 1 is 1.33 bits per heavy atom. The van der Waals surface area contributed by atoms with Gasteiger partial charge in [-0.15, -0.1) is 11.3 Å². The van der Waals surface area contributed by atoms with Crippen molar-refractivity contribution in [1.29, 1.82) is 0 Å². The van der Waals surface area contributed by atoms with E-state index in [4.69, 9.17) is 11.5 Å². The minimum atomic E-state index is 0.240. The van der Waals surface area contributed by atoms with Crippen molar-refractivity contribution < 1.29 is 0 Å². The topological polar surface area (TPSA) is 77.8 Å². The third-order valence-corrected chi connectivity index (χ3v) is 3.02. The zero-order valence-corrected chi connectivity index (χ0v) is 9.21. The molecule has 5 heteroatoms. The van der Waals surface area contributed by atoms with E-state index < -0.39 is 0 Å². The Balaban J connectivity index is 2.64. The van der Waals surface area contributed by atoms with E-state index in [1.54, 1.807) is 11.3 Å². The van der Waals surface area contributed by atoms with Gasteiger partial charge in [-0.25, -0.2) is 4.98 Å². The summed E-state index contributed by atoms with van der Waals surface area (Å²) in [5.74, 6) is 0.700. The highest BCUT2D eigenvalue weighted by molar-refractivity contribution is 7.13. The van der Waals surface area contributed by atoms with Crippen LogP contribution in [0.3, 0.4) is 0 Å². The van der Waals surface area contributed by atoms with E-state index in [9.17, 15) is 0 Å². The minimum Gasteiger partial charge on any atom is -0.383 e. The smallest absolute Gasteiger partial charge is 0.222 e. The van der Waals surface area contributed by atoms with Crippen LogP contribution in [0, 0.1) is 0 Å². The van der Waals surface area contributed by atoms with Gasteiger partial charge >= 0.3 is 0 Å². The van der Waals surface area contributed by atoms with Crippen LogP contribution in [0.1, 0.15) is 12.6 Å². The van der Waals surface area contributed by atoms with Gasteiger partial charge in [0, 0.05) is 4.88 Å². The molecule has 0 fully saturated rings. The van der Waals surface area contributed by atoms with Crippen LogP contribution < -0.4 is 11.5 Å². The standard InChI is InChI=1S/C10H12N4S/c1-2-6-8(7-4-3-5-15-7)9(11)14-10(12)13-6/h3-5H,2H2,1H3,(H4,11,12,13,14). The van der Waals surface area contributed by atoms with Gasteiger partial charge in [0.2, 0.25) is 5.95 Å². The molecule has 0 amide bonds. The number of nitrogens with two attached hydrogens (primary N) is 2. The summed E-state index contributed by atoms with van der Waals surface area (Å²) in [6, 6.07) is 3.99. The quantitative estimate of drug-likeness (QED) is 0.810. The normalized spacial score (nSPS) is 10.5. The molecular formula is C10H12N4S. The molecule has 78 valence electrons. The first-order chi connectivity index (χ1) is 7.22. The van der Waals surface area contributed by atoms with E-state index in [1.807, 2.05) is 24.4 Å². The first-order valence-corrected chi connectivity index (χ1v) is 5.56. The summed E-state index contributed by atoms with van der Waals surface area (Å²) in [6.45, 7) is 2.03. The van der Waals surface area contributed by atoms with Gasteiger partial charge in [0.05, 0.1) is 11.3 Å². The second-order valence-electron chi connectivity index (χ2n) is 3.12. The average molecular weight is 220 g/mol. The number of hydrogen-bond donors (Lipinski definition) is 2. The van der Waals surface area contributed by atoms with Crippen LogP contribution in [0.4, 0.5) is 11.8 Å². The van der Waals surface area contributed by atoms with E-state index in [0.29, 0.717) is 5.82 Å². The fraction of sp³-hybridized carbons (Fsp3) is 0.200. The molecule has 15 heavy (non-hydrogen) atoms. The molecule has 0 aliphatic heterocycles. The predicted molar refractivity (Wildman–Crippen MR) is 63.5 cm³/mol. The number of anilines is 2. The number of hydrogen-bond acceptors (Lipinski definition) is 5. The molecule has 4 N–H and O–H groups in total. The minimum absolute atomic E-state index is 0.240. The Labute approximate surface area is 92.0 Å². The Morgan fingerprint density at radius 3 is 2.73 bits per heavy atom. The van der Waals surface area contributed by atoms with Gasteiger partial charge in [0.1, 0.15) is 5.82 Å². The Bertz CT molecular complexity index is 465. The van der Waals surface area contributed by atoms with Crippen molar-refractivity contribution >= 4 is 23.1 Å². The molecule has 0 aliphatic carbocycles. The van der Waals surface area contributed by atoms with Crippen molar-refractivity contribution in [3.05, 3.63) is 23.2 Å². The summed E-state index contributed by atoms with van der Waals surface area (Å²) in [4.78, 5) is 9.28. The van der Waals surface area contributed by atoms with E-state index in [2.05, 4.69) is 9.97 Å². The first-order valence-electron chi connectivity index (χ1n) is 4.68. The van der Waals surface area contributed by atoms with Crippen molar-refractivity contribution in [3.63, 3.8) is 0 Å². The van der Waals surface area contributed by atoms with E-state index in [-0.39, 0.29) is 5.95 Å². The first kappa shape index (κ1) is 9.92. The average Bonchev–Trinajstić information content (AvgIpc) is 2.69. The molecule has 2 aromatic heterocycles. The van der Waals surface area contributed by atoms with Crippen LogP contribution in [-0.2, 0) is 6.42 Å². The molecule has 0 spiro atoms. The molecule has 0 aliphatic rings. The second-order valence-corrected chi connectivity index (χ2v) is 4.07. The van der Waals surface area contributed by atoms with Crippen molar-refractivity contribution in [2.75, 3.05) is 11.5 Å². The Morgan fingerprint density at radius 2 is 2.13 bits per heavy atom. The van der Waals surface area contributed by atoms with Gasteiger partial charge in [0.25, 0.3) is 0 Å². The zero-order valence-electron chi connectivity index (χ0n) is 8.40. The molecule has 0 bridgehead atoms. The van der Waals surface area contributed by atoms with Gasteiger partial charge in [-0.05, 0) is 17.9 Å². The summed E-state index contributed by atoms with van der Waals surface area (Å²) in [6.07, 6.45) is 0.796. The highest BCUT2D eigenvalue weighted by atomic mass is 32.1. The summed E-state index contributed by atoms with van der Waals surface area (Å²) in [7, 11) is 0. The fourth-order valence-electron chi connectivity index (χ4n) is 1.49. The lowest BCUT2D eigenvalue weighted by Gasteiger charge is -2.08. The van der Waals surface area contributed by atoms with Crippen LogP contribution in [0.25, 0.3) is 10.4 Å². The number of nitrogens with zero attached hydrogens (tertiary/aromatic N) is 2. The molecule has 0 saturated carbocycles. The van der Waals surface area contributed by atoms with Gasteiger partial charge in [0.15, 0.2) is 0 Å².